The van der Waals surface area contributed by atoms with Gasteiger partial charge >= 0.3 is 0 Å². The molecule has 0 aliphatic carbocycles. The first-order valence-electron chi connectivity index (χ1n) is 10.5. The molecular weight excluding hydrogens is 378 g/mol. The fourth-order valence-electron chi connectivity index (χ4n) is 3.85. The minimum atomic E-state index is 0.732. The summed E-state index contributed by atoms with van der Waals surface area (Å²) in [4.78, 5) is 13.2. The van der Waals surface area contributed by atoms with Crippen LogP contribution in [-0.4, -0.2) is 59.6 Å². The van der Waals surface area contributed by atoms with Crippen LogP contribution in [0.4, 0.5) is 23.1 Å². The van der Waals surface area contributed by atoms with Gasteiger partial charge in [0, 0.05) is 43.5 Å². The molecule has 0 unspecified atom stereocenters. The highest BCUT2D eigenvalue weighted by molar-refractivity contribution is 5.66. The number of rotatable bonds is 5. The highest BCUT2D eigenvalue weighted by Gasteiger charge is 2.15. The van der Waals surface area contributed by atoms with E-state index in [0.29, 0.717) is 0 Å². The predicted molar refractivity (Wildman–Crippen MR) is 117 cm³/mol. The fourth-order valence-corrected chi connectivity index (χ4v) is 3.85. The molecule has 154 valence electrons. The van der Waals surface area contributed by atoms with Gasteiger partial charge in [-0.3, -0.25) is 0 Å². The van der Waals surface area contributed by atoms with Crippen LogP contribution >= 0.6 is 0 Å². The molecule has 30 heavy (non-hydrogen) atoms. The number of aromatic nitrogens is 4. The summed E-state index contributed by atoms with van der Waals surface area (Å²) < 4.78 is 5.41. The third-order valence-electron chi connectivity index (χ3n) is 5.52. The van der Waals surface area contributed by atoms with Crippen molar-refractivity contribution in [3.05, 3.63) is 48.8 Å². The van der Waals surface area contributed by atoms with E-state index >= 15 is 0 Å². The molecule has 1 aromatic carbocycles. The van der Waals surface area contributed by atoms with Crippen LogP contribution in [0, 0.1) is 0 Å². The molecule has 0 amide bonds. The molecule has 1 N–H and O–H groups in total. The Kier molecular flexibility index (Phi) is 5.39. The summed E-state index contributed by atoms with van der Waals surface area (Å²) in [5.41, 5.74) is 2.88. The second kappa shape index (κ2) is 8.62. The zero-order valence-corrected chi connectivity index (χ0v) is 16.9. The van der Waals surface area contributed by atoms with Crippen molar-refractivity contribution in [2.45, 2.75) is 12.8 Å². The highest BCUT2D eigenvalue weighted by atomic mass is 16.5. The maximum absolute atomic E-state index is 5.41. The quantitative estimate of drug-likeness (QED) is 0.696. The SMILES string of the molecule is c1nc(Nc2ccc(-c3ccc(N4CCCC4)nn3)cc2)cc(N2CCOCC2)n1. The Morgan fingerprint density at radius 3 is 2.27 bits per heavy atom. The van der Waals surface area contributed by atoms with E-state index < -0.39 is 0 Å². The lowest BCUT2D eigenvalue weighted by Crippen LogP contribution is -2.36. The third-order valence-corrected chi connectivity index (χ3v) is 5.52. The van der Waals surface area contributed by atoms with Gasteiger partial charge < -0.3 is 19.9 Å². The standard InChI is InChI=1S/C22H25N7O/c1-2-10-28(9-1)21-8-7-19(26-27-21)17-3-5-18(6-4-17)25-20-15-22(24-16-23-20)29-11-13-30-14-12-29/h3-8,15-16H,1-2,9-14H2,(H,23,24,25). The van der Waals surface area contributed by atoms with E-state index in [1.807, 2.05) is 36.4 Å². The monoisotopic (exact) mass is 403 g/mol. The van der Waals surface area contributed by atoms with Crippen LogP contribution < -0.4 is 15.1 Å². The van der Waals surface area contributed by atoms with Crippen molar-refractivity contribution in [1.29, 1.82) is 0 Å². The summed E-state index contributed by atoms with van der Waals surface area (Å²) in [6.45, 7) is 5.31. The van der Waals surface area contributed by atoms with Gasteiger partial charge in [0.2, 0.25) is 0 Å². The topological polar surface area (TPSA) is 79.3 Å². The molecule has 3 aromatic rings. The number of morpholine rings is 1. The number of ether oxygens (including phenoxy) is 1. The lowest BCUT2D eigenvalue weighted by molar-refractivity contribution is 0.122. The summed E-state index contributed by atoms with van der Waals surface area (Å²) in [7, 11) is 0. The normalized spacial score (nSPS) is 16.7. The van der Waals surface area contributed by atoms with E-state index in [-0.39, 0.29) is 0 Å². The summed E-state index contributed by atoms with van der Waals surface area (Å²) >= 11 is 0. The third kappa shape index (κ3) is 4.18. The van der Waals surface area contributed by atoms with Crippen molar-refractivity contribution in [3.8, 4) is 11.3 Å². The Hall–Kier alpha value is -3.26. The lowest BCUT2D eigenvalue weighted by Gasteiger charge is -2.27. The first-order valence-corrected chi connectivity index (χ1v) is 10.5. The van der Waals surface area contributed by atoms with Gasteiger partial charge in [-0.1, -0.05) is 12.1 Å². The van der Waals surface area contributed by atoms with Crippen LogP contribution in [0.2, 0.25) is 0 Å². The maximum Gasteiger partial charge on any atom is 0.151 e. The van der Waals surface area contributed by atoms with Crippen LogP contribution in [0.3, 0.4) is 0 Å². The van der Waals surface area contributed by atoms with Crippen molar-refractivity contribution in [1.82, 2.24) is 20.2 Å². The molecule has 0 spiro atoms. The fraction of sp³-hybridized carbons (Fsp3) is 0.364. The van der Waals surface area contributed by atoms with Crippen LogP contribution in [0.25, 0.3) is 11.3 Å². The molecular formula is C22H25N7O. The van der Waals surface area contributed by atoms with Crippen LogP contribution in [0.5, 0.6) is 0 Å². The average Bonchev–Trinajstić information content (AvgIpc) is 3.36. The molecule has 0 saturated carbocycles. The van der Waals surface area contributed by atoms with E-state index in [1.165, 1.54) is 12.8 Å². The molecule has 2 aliphatic rings. The van der Waals surface area contributed by atoms with Crippen molar-refractivity contribution in [2.75, 3.05) is 54.5 Å². The van der Waals surface area contributed by atoms with E-state index in [9.17, 15) is 0 Å². The summed E-state index contributed by atoms with van der Waals surface area (Å²) in [6, 6.07) is 14.2. The molecule has 8 heteroatoms. The highest BCUT2D eigenvalue weighted by Crippen LogP contribution is 2.24. The van der Waals surface area contributed by atoms with E-state index in [4.69, 9.17) is 4.74 Å². The first kappa shape index (κ1) is 18.7. The van der Waals surface area contributed by atoms with Gasteiger partial charge in [-0.15, -0.1) is 10.2 Å². The number of hydrogen-bond acceptors (Lipinski definition) is 8. The number of nitrogens with zero attached hydrogens (tertiary/aromatic N) is 6. The number of anilines is 4. The second-order valence-electron chi connectivity index (χ2n) is 7.53. The number of nitrogens with one attached hydrogen (secondary N) is 1. The summed E-state index contributed by atoms with van der Waals surface area (Å²) in [6.07, 6.45) is 4.06. The van der Waals surface area contributed by atoms with Crippen LogP contribution in [0.1, 0.15) is 12.8 Å². The Labute approximate surface area is 175 Å². The van der Waals surface area contributed by atoms with Crippen molar-refractivity contribution < 1.29 is 4.74 Å². The molecule has 8 nitrogen and oxygen atoms in total. The van der Waals surface area contributed by atoms with Gasteiger partial charge in [-0.05, 0) is 37.1 Å². The predicted octanol–water partition coefficient (Wildman–Crippen LogP) is 3.11. The van der Waals surface area contributed by atoms with Gasteiger partial charge in [0.15, 0.2) is 5.82 Å². The summed E-state index contributed by atoms with van der Waals surface area (Å²) in [5.74, 6) is 2.66. The van der Waals surface area contributed by atoms with Gasteiger partial charge in [-0.25, -0.2) is 9.97 Å². The minimum Gasteiger partial charge on any atom is -0.378 e. The van der Waals surface area contributed by atoms with E-state index in [0.717, 1.165) is 73.8 Å². The van der Waals surface area contributed by atoms with Crippen LogP contribution in [-0.2, 0) is 4.74 Å². The Morgan fingerprint density at radius 1 is 0.767 bits per heavy atom. The molecule has 4 heterocycles. The molecule has 2 saturated heterocycles. The maximum atomic E-state index is 5.41. The van der Waals surface area contributed by atoms with Crippen molar-refractivity contribution >= 4 is 23.1 Å². The molecule has 5 rings (SSSR count). The Morgan fingerprint density at radius 2 is 1.53 bits per heavy atom. The smallest absolute Gasteiger partial charge is 0.151 e. The Bertz CT molecular complexity index is 966. The molecule has 0 radical (unpaired) electrons. The molecule has 2 aliphatic heterocycles. The second-order valence-corrected chi connectivity index (χ2v) is 7.53. The average molecular weight is 403 g/mol. The molecule has 2 aromatic heterocycles. The molecule has 0 atom stereocenters. The van der Waals surface area contributed by atoms with Gasteiger partial charge in [0.05, 0.1) is 18.9 Å². The van der Waals surface area contributed by atoms with Gasteiger partial charge in [0.1, 0.15) is 18.0 Å². The molecule has 0 bridgehead atoms. The van der Waals surface area contributed by atoms with Crippen LogP contribution in [0.15, 0.2) is 48.8 Å². The summed E-state index contributed by atoms with van der Waals surface area (Å²) in [5, 5.41) is 12.2. The number of benzene rings is 1. The number of hydrogen-bond donors (Lipinski definition) is 1. The van der Waals surface area contributed by atoms with Gasteiger partial charge in [-0.2, -0.15) is 0 Å². The zero-order valence-electron chi connectivity index (χ0n) is 16.9. The minimum absolute atomic E-state index is 0.732. The zero-order chi connectivity index (χ0) is 20.2. The lowest BCUT2D eigenvalue weighted by atomic mass is 10.1. The van der Waals surface area contributed by atoms with Gasteiger partial charge in [0.25, 0.3) is 0 Å². The largest absolute Gasteiger partial charge is 0.378 e. The first-order chi connectivity index (χ1) is 14.8. The van der Waals surface area contributed by atoms with Crippen molar-refractivity contribution in [3.63, 3.8) is 0 Å². The van der Waals surface area contributed by atoms with E-state index in [1.54, 1.807) is 6.33 Å². The molecule has 2 fully saturated rings. The Balaban J connectivity index is 1.26. The van der Waals surface area contributed by atoms with Crippen molar-refractivity contribution in [2.24, 2.45) is 0 Å². The van der Waals surface area contributed by atoms with E-state index in [2.05, 4.69) is 41.3 Å².